The zero-order valence-corrected chi connectivity index (χ0v) is 22.2. The molecule has 1 aliphatic carbocycles. The van der Waals surface area contributed by atoms with E-state index in [2.05, 4.69) is 10.6 Å². The fourth-order valence-electron chi connectivity index (χ4n) is 5.95. The molecular formula is C31H33N3O6. The van der Waals surface area contributed by atoms with E-state index in [1.165, 1.54) is 0 Å². The summed E-state index contributed by atoms with van der Waals surface area (Å²) in [5.41, 5.74) is 4.30. The van der Waals surface area contributed by atoms with Crippen LogP contribution in [-0.2, 0) is 24.5 Å². The lowest BCUT2D eigenvalue weighted by Crippen LogP contribution is -2.59. The lowest BCUT2D eigenvalue weighted by molar-refractivity contribution is -0.183. The number of rotatable bonds is 7. The van der Waals surface area contributed by atoms with Crippen LogP contribution in [0.25, 0.3) is 22.4 Å². The number of ether oxygens (including phenoxy) is 3. The van der Waals surface area contributed by atoms with Gasteiger partial charge in [0.05, 0.1) is 44.0 Å². The number of amides is 2. The summed E-state index contributed by atoms with van der Waals surface area (Å²) < 4.78 is 16.9. The molecule has 1 aromatic heterocycles. The number of nitrogens with zero attached hydrogens (tertiary/aromatic N) is 1. The Morgan fingerprint density at radius 2 is 1.65 bits per heavy atom. The topological polar surface area (TPSA) is 119 Å². The summed E-state index contributed by atoms with van der Waals surface area (Å²) in [5.74, 6) is -0.141. The fraction of sp³-hybridized carbons (Fsp3) is 0.387. The lowest BCUT2D eigenvalue weighted by Gasteiger charge is -2.41. The Kier molecular flexibility index (Phi) is 7.27. The molecule has 9 nitrogen and oxygen atoms in total. The van der Waals surface area contributed by atoms with Gasteiger partial charge in [0.2, 0.25) is 5.91 Å². The zero-order chi connectivity index (χ0) is 27.6. The van der Waals surface area contributed by atoms with Crippen molar-refractivity contribution in [3.8, 4) is 22.4 Å². The molecule has 0 atom stereocenters. The minimum atomic E-state index is -1.08. The van der Waals surface area contributed by atoms with Crippen molar-refractivity contribution in [2.45, 2.75) is 43.4 Å². The predicted molar refractivity (Wildman–Crippen MR) is 149 cm³/mol. The number of pyridine rings is 1. The molecule has 1 saturated carbocycles. The second-order valence-corrected chi connectivity index (χ2v) is 10.9. The predicted octanol–water partition coefficient (Wildman–Crippen LogP) is 5.17. The molecule has 208 valence electrons. The van der Waals surface area contributed by atoms with E-state index < -0.39 is 17.4 Å². The first-order chi connectivity index (χ1) is 19.4. The summed E-state index contributed by atoms with van der Waals surface area (Å²) in [4.78, 5) is 29.1. The maximum atomic E-state index is 13.0. The Bertz CT molecular complexity index is 1360. The van der Waals surface area contributed by atoms with Gasteiger partial charge in [0.15, 0.2) is 5.79 Å². The second kappa shape index (κ2) is 11.0. The summed E-state index contributed by atoms with van der Waals surface area (Å²) >= 11 is 0. The molecule has 2 aromatic carbocycles. The van der Waals surface area contributed by atoms with Crippen molar-refractivity contribution in [3.63, 3.8) is 0 Å². The molecular weight excluding hydrogens is 510 g/mol. The van der Waals surface area contributed by atoms with E-state index in [0.29, 0.717) is 44.5 Å². The van der Waals surface area contributed by atoms with Gasteiger partial charge in [-0.15, -0.1) is 0 Å². The highest BCUT2D eigenvalue weighted by molar-refractivity contribution is 5.93. The molecule has 3 fully saturated rings. The monoisotopic (exact) mass is 543 g/mol. The SMILES string of the molecule is O=C(O)NC1(c2ccc(-c3ncc(NC(=O)CC4CCC5(CC4)OCCO5)cc3-c3ccccc3)cc2)COC1. The summed E-state index contributed by atoms with van der Waals surface area (Å²) in [6, 6.07) is 19.6. The Morgan fingerprint density at radius 1 is 0.950 bits per heavy atom. The maximum Gasteiger partial charge on any atom is 0.405 e. The van der Waals surface area contributed by atoms with Crippen molar-refractivity contribution < 1.29 is 28.9 Å². The number of carbonyl (C=O) groups excluding carboxylic acids is 1. The van der Waals surface area contributed by atoms with Gasteiger partial charge in [0.25, 0.3) is 0 Å². The highest BCUT2D eigenvalue weighted by Gasteiger charge is 2.42. The van der Waals surface area contributed by atoms with Crippen molar-refractivity contribution in [1.82, 2.24) is 10.3 Å². The van der Waals surface area contributed by atoms with Crippen LogP contribution in [-0.4, -0.2) is 54.3 Å². The molecule has 2 saturated heterocycles. The minimum Gasteiger partial charge on any atom is -0.465 e. The third-order valence-corrected chi connectivity index (χ3v) is 8.16. The van der Waals surface area contributed by atoms with E-state index in [4.69, 9.17) is 19.2 Å². The maximum absolute atomic E-state index is 13.0. The first-order valence-corrected chi connectivity index (χ1v) is 13.8. The van der Waals surface area contributed by atoms with Crippen molar-refractivity contribution in [2.75, 3.05) is 31.7 Å². The lowest BCUT2D eigenvalue weighted by atomic mass is 9.83. The largest absolute Gasteiger partial charge is 0.465 e. The smallest absolute Gasteiger partial charge is 0.405 e. The van der Waals surface area contributed by atoms with Gasteiger partial charge in [-0.05, 0) is 36.0 Å². The van der Waals surface area contributed by atoms with Crippen LogP contribution in [0.1, 0.15) is 37.7 Å². The Hall–Kier alpha value is -3.79. The number of aromatic nitrogens is 1. The molecule has 0 unspecified atom stereocenters. The first kappa shape index (κ1) is 26.4. The fourth-order valence-corrected chi connectivity index (χ4v) is 5.95. The molecule has 6 rings (SSSR count). The van der Waals surface area contributed by atoms with Crippen LogP contribution in [0.2, 0.25) is 0 Å². The van der Waals surface area contributed by atoms with Crippen LogP contribution in [0, 0.1) is 5.92 Å². The molecule has 2 aliphatic heterocycles. The van der Waals surface area contributed by atoms with Crippen LogP contribution in [0.15, 0.2) is 66.9 Å². The number of carboxylic acid groups (broad SMARTS) is 1. The van der Waals surface area contributed by atoms with Gasteiger partial charge in [-0.2, -0.15) is 0 Å². The Balaban J connectivity index is 1.19. The molecule has 3 heterocycles. The Morgan fingerprint density at radius 3 is 2.27 bits per heavy atom. The number of nitrogens with one attached hydrogen (secondary N) is 2. The molecule has 9 heteroatoms. The third kappa shape index (κ3) is 5.45. The van der Waals surface area contributed by atoms with E-state index in [0.717, 1.165) is 53.6 Å². The Labute approximate surface area is 232 Å². The van der Waals surface area contributed by atoms with Crippen molar-refractivity contribution >= 4 is 17.7 Å². The second-order valence-electron chi connectivity index (χ2n) is 10.9. The minimum absolute atomic E-state index is 0.0222. The van der Waals surface area contributed by atoms with Gasteiger partial charge >= 0.3 is 6.09 Å². The quantitative estimate of drug-likeness (QED) is 0.376. The van der Waals surface area contributed by atoms with E-state index in [1.807, 2.05) is 60.7 Å². The van der Waals surface area contributed by atoms with E-state index in [9.17, 15) is 14.7 Å². The number of hydrogen-bond donors (Lipinski definition) is 3. The summed E-state index contributed by atoms with van der Waals surface area (Å²) in [6.45, 7) is 1.90. The molecule has 3 N–H and O–H groups in total. The number of carbonyl (C=O) groups is 2. The average Bonchev–Trinajstić information content (AvgIpc) is 3.40. The van der Waals surface area contributed by atoms with Crippen molar-refractivity contribution in [2.24, 2.45) is 5.92 Å². The van der Waals surface area contributed by atoms with Crippen LogP contribution < -0.4 is 10.6 Å². The standard InChI is InChI=1S/C31H33N3O6/c35-27(16-21-10-12-31(13-11-21)39-14-15-40-31)33-25-17-26(22-4-2-1-3-5-22)28(32-18-25)23-6-8-24(9-7-23)30(19-38-20-30)34-29(36)37/h1-9,17-18,21,34H,10-16,19-20H2,(H,33,35)(H,36,37). The van der Waals surface area contributed by atoms with Gasteiger partial charge in [-0.1, -0.05) is 54.6 Å². The van der Waals surface area contributed by atoms with Crippen LogP contribution in [0.3, 0.4) is 0 Å². The van der Waals surface area contributed by atoms with E-state index in [-0.39, 0.29) is 5.91 Å². The third-order valence-electron chi connectivity index (χ3n) is 8.16. The van der Waals surface area contributed by atoms with Gasteiger partial charge in [-0.25, -0.2) is 4.79 Å². The number of anilines is 1. The zero-order valence-electron chi connectivity index (χ0n) is 22.2. The summed E-state index contributed by atoms with van der Waals surface area (Å²) in [7, 11) is 0. The van der Waals surface area contributed by atoms with E-state index in [1.54, 1.807) is 6.20 Å². The van der Waals surface area contributed by atoms with Gasteiger partial charge in [0.1, 0.15) is 5.54 Å². The summed E-state index contributed by atoms with van der Waals surface area (Å²) in [5, 5.41) is 14.9. The van der Waals surface area contributed by atoms with Gasteiger partial charge < -0.3 is 30.0 Å². The molecule has 0 radical (unpaired) electrons. The van der Waals surface area contributed by atoms with Crippen molar-refractivity contribution in [1.29, 1.82) is 0 Å². The van der Waals surface area contributed by atoms with Gasteiger partial charge in [-0.3, -0.25) is 9.78 Å². The van der Waals surface area contributed by atoms with Crippen LogP contribution in [0.5, 0.6) is 0 Å². The highest BCUT2D eigenvalue weighted by Crippen LogP contribution is 2.40. The normalized spacial score (nSPS) is 19.6. The van der Waals surface area contributed by atoms with Gasteiger partial charge in [0, 0.05) is 30.4 Å². The molecule has 2 amide bonds. The first-order valence-electron chi connectivity index (χ1n) is 13.8. The molecule has 3 aliphatic rings. The number of hydrogen-bond acceptors (Lipinski definition) is 6. The molecule has 40 heavy (non-hydrogen) atoms. The molecule has 1 spiro atoms. The molecule has 3 aromatic rings. The van der Waals surface area contributed by atoms with Crippen LogP contribution in [0.4, 0.5) is 10.5 Å². The van der Waals surface area contributed by atoms with Crippen molar-refractivity contribution in [3.05, 3.63) is 72.4 Å². The highest BCUT2D eigenvalue weighted by atomic mass is 16.7. The summed E-state index contributed by atoms with van der Waals surface area (Å²) in [6.07, 6.45) is 4.54. The van der Waals surface area contributed by atoms with E-state index >= 15 is 0 Å². The van der Waals surface area contributed by atoms with Crippen LogP contribution >= 0.6 is 0 Å². The number of benzene rings is 2. The average molecular weight is 544 g/mol. The molecule has 0 bridgehead atoms.